The molecule has 1 heterocycles. The number of Topliss-reactive ketones (excluding diaryl/α,β-unsaturated/α-hetero) is 1. The first-order valence-corrected chi connectivity index (χ1v) is 21.0. The topological polar surface area (TPSA) is 135 Å². The highest BCUT2D eigenvalue weighted by molar-refractivity contribution is 6.07. The number of hydrogen-bond donors (Lipinski definition) is 4. The van der Waals surface area contributed by atoms with Crippen LogP contribution in [0.2, 0.25) is 0 Å². The van der Waals surface area contributed by atoms with Gasteiger partial charge < -0.3 is 26.0 Å². The van der Waals surface area contributed by atoms with Crippen LogP contribution in [0.15, 0.2) is 115 Å². The van der Waals surface area contributed by atoms with Crippen molar-refractivity contribution >= 4 is 23.0 Å². The molecule has 8 nitrogen and oxygen atoms in total. The Balaban J connectivity index is 1.20. The van der Waals surface area contributed by atoms with Gasteiger partial charge in [-0.3, -0.25) is 9.59 Å². The van der Waals surface area contributed by atoms with Gasteiger partial charge in [0.05, 0.1) is 20.1 Å². The summed E-state index contributed by atoms with van der Waals surface area (Å²) in [7, 11) is 3.44. The zero-order chi connectivity index (χ0) is 41.8. The van der Waals surface area contributed by atoms with Crippen molar-refractivity contribution in [3.05, 3.63) is 160 Å². The van der Waals surface area contributed by atoms with Gasteiger partial charge in [-0.15, -0.1) is 0 Å². The SMILES string of the molecule is CNC[C@H](CCCCCC(=O)CC(=O)C=C(CO)c1cc(OC)c(O)cc1Cc1cnc(N)cc1CCc1cccc(CCc2ccccc2)c1)CCc1ccccc1. The molecular formula is C51H61N3O5. The van der Waals surface area contributed by atoms with E-state index in [-0.39, 0.29) is 29.5 Å². The van der Waals surface area contributed by atoms with Crippen LogP contribution in [0, 0.1) is 5.92 Å². The molecule has 0 radical (unpaired) electrons. The number of ether oxygens (including phenoxy) is 1. The van der Waals surface area contributed by atoms with Crippen molar-refractivity contribution in [2.24, 2.45) is 5.92 Å². The molecule has 0 bridgehead atoms. The summed E-state index contributed by atoms with van der Waals surface area (Å²) in [6.45, 7) is 0.532. The molecule has 0 aliphatic rings. The zero-order valence-electron chi connectivity index (χ0n) is 34.8. The van der Waals surface area contributed by atoms with Crippen LogP contribution < -0.4 is 15.8 Å². The number of aromatic nitrogens is 1. The molecule has 8 heteroatoms. The van der Waals surface area contributed by atoms with Crippen molar-refractivity contribution < 1.29 is 24.5 Å². The third-order valence-electron chi connectivity index (χ3n) is 11.1. The van der Waals surface area contributed by atoms with Gasteiger partial charge in [-0.2, -0.15) is 0 Å². The molecule has 0 aliphatic heterocycles. The van der Waals surface area contributed by atoms with E-state index in [1.54, 1.807) is 18.3 Å². The van der Waals surface area contributed by atoms with Crippen molar-refractivity contribution in [2.45, 2.75) is 83.5 Å². The minimum atomic E-state index is -0.438. The second kappa shape index (κ2) is 23.7. The number of hydrogen-bond acceptors (Lipinski definition) is 8. The Labute approximate surface area is 350 Å². The van der Waals surface area contributed by atoms with Gasteiger partial charge >= 0.3 is 0 Å². The summed E-state index contributed by atoms with van der Waals surface area (Å²) in [5, 5.41) is 24.7. The Kier molecular flexibility index (Phi) is 17.9. The molecule has 5 N–H and O–H groups in total. The number of aryl methyl sites for hydroxylation is 5. The number of anilines is 1. The number of pyridine rings is 1. The number of carbonyl (C=O) groups is 2. The summed E-state index contributed by atoms with van der Waals surface area (Å²) in [6, 6.07) is 34.9. The zero-order valence-corrected chi connectivity index (χ0v) is 34.8. The van der Waals surface area contributed by atoms with E-state index >= 15 is 0 Å². The molecule has 1 aromatic heterocycles. The molecule has 0 unspecified atom stereocenters. The number of nitrogen functional groups attached to an aromatic ring is 1. The third kappa shape index (κ3) is 14.6. The molecule has 5 aromatic rings. The van der Waals surface area contributed by atoms with E-state index in [1.165, 1.54) is 35.4 Å². The van der Waals surface area contributed by atoms with E-state index in [9.17, 15) is 19.8 Å². The van der Waals surface area contributed by atoms with E-state index < -0.39 is 6.61 Å². The Morgan fingerprint density at radius 2 is 1.42 bits per heavy atom. The number of nitrogens with two attached hydrogens (primary N) is 1. The summed E-state index contributed by atoms with van der Waals surface area (Å²) >= 11 is 0. The van der Waals surface area contributed by atoms with Gasteiger partial charge in [0.25, 0.3) is 0 Å². The van der Waals surface area contributed by atoms with Gasteiger partial charge in [0.15, 0.2) is 17.3 Å². The molecular weight excluding hydrogens is 735 g/mol. The lowest BCUT2D eigenvalue weighted by atomic mass is 9.91. The number of methoxy groups -OCH3 is 1. The molecule has 0 fully saturated rings. The fraction of sp³-hybridized carbons (Fsp3) is 0.353. The van der Waals surface area contributed by atoms with Crippen molar-refractivity contribution in [1.82, 2.24) is 10.3 Å². The Morgan fingerprint density at radius 3 is 2.10 bits per heavy atom. The number of phenols is 1. The van der Waals surface area contributed by atoms with Crippen LogP contribution in [0.5, 0.6) is 11.5 Å². The lowest BCUT2D eigenvalue weighted by Gasteiger charge is -2.17. The summed E-state index contributed by atoms with van der Waals surface area (Å²) < 4.78 is 5.43. The maximum atomic E-state index is 13.3. The highest BCUT2D eigenvalue weighted by atomic mass is 16.5. The first-order valence-electron chi connectivity index (χ1n) is 21.0. The van der Waals surface area contributed by atoms with Crippen molar-refractivity contribution in [1.29, 1.82) is 0 Å². The number of aliphatic hydroxyl groups excluding tert-OH is 1. The second-order valence-electron chi connectivity index (χ2n) is 15.6. The number of rotatable bonds is 25. The standard InChI is InChI=1S/C51H61N3O5/c1-53-34-41(24-22-38-15-8-4-9-16-38)17-10-5-11-20-46(56)32-47(57)29-45(36-55)48-33-50(59-2)49(58)30-43(48)28-44-35-54-51(52)31-42(44)26-25-40-19-12-18-39(27-40)23-21-37-13-6-3-7-14-37/h3-4,6-9,12-16,18-19,27,29-31,33,35,41,53,55,58H,5,10-11,17,20-26,28,32,34,36H2,1-2H3,(H2,52,54)/t41-/m1/s1. The van der Waals surface area contributed by atoms with Gasteiger partial charge in [0.1, 0.15) is 11.6 Å². The van der Waals surface area contributed by atoms with E-state index in [4.69, 9.17) is 10.5 Å². The number of ketones is 2. The average molecular weight is 796 g/mol. The van der Waals surface area contributed by atoms with Gasteiger partial charge in [-0.05, 0) is 152 Å². The number of aromatic hydroxyl groups is 1. The Bertz CT molecular complexity index is 2120. The fourth-order valence-electron chi connectivity index (χ4n) is 7.84. The Hall–Kier alpha value is -5.57. The predicted octanol–water partition coefficient (Wildman–Crippen LogP) is 8.86. The number of benzene rings is 4. The molecule has 1 atom stereocenters. The highest BCUT2D eigenvalue weighted by Crippen LogP contribution is 2.35. The fourth-order valence-corrected chi connectivity index (χ4v) is 7.84. The van der Waals surface area contributed by atoms with E-state index in [1.807, 2.05) is 25.2 Å². The molecule has 0 amide bonds. The van der Waals surface area contributed by atoms with Gasteiger partial charge in [0, 0.05) is 12.6 Å². The largest absolute Gasteiger partial charge is 0.504 e. The van der Waals surface area contributed by atoms with Crippen molar-refractivity contribution in [3.63, 3.8) is 0 Å². The van der Waals surface area contributed by atoms with Crippen molar-refractivity contribution in [2.75, 3.05) is 33.0 Å². The van der Waals surface area contributed by atoms with Gasteiger partial charge in [-0.25, -0.2) is 4.98 Å². The number of nitrogens with one attached hydrogen (secondary N) is 1. The molecule has 4 aromatic carbocycles. The minimum absolute atomic E-state index is 0.0595. The lowest BCUT2D eigenvalue weighted by molar-refractivity contribution is -0.124. The minimum Gasteiger partial charge on any atom is -0.504 e. The number of nitrogens with zero attached hydrogens (tertiary/aromatic N) is 1. The number of phenolic OH excluding ortho intramolecular Hbond substituents is 1. The lowest BCUT2D eigenvalue weighted by Crippen LogP contribution is -2.19. The summed E-state index contributed by atoms with van der Waals surface area (Å²) in [6.07, 6.45) is 13.0. The van der Waals surface area contributed by atoms with Crippen LogP contribution in [-0.2, 0) is 48.1 Å². The van der Waals surface area contributed by atoms with Crippen LogP contribution in [-0.4, -0.2) is 54.1 Å². The van der Waals surface area contributed by atoms with Crippen LogP contribution in [0.4, 0.5) is 5.82 Å². The maximum Gasteiger partial charge on any atom is 0.163 e. The normalized spacial score (nSPS) is 12.0. The molecule has 0 spiro atoms. The third-order valence-corrected chi connectivity index (χ3v) is 11.1. The molecule has 310 valence electrons. The van der Waals surface area contributed by atoms with Crippen molar-refractivity contribution in [3.8, 4) is 11.5 Å². The van der Waals surface area contributed by atoms with Crippen LogP contribution in [0.3, 0.4) is 0 Å². The molecule has 0 aliphatic carbocycles. The first kappa shape index (κ1) is 44.5. The molecule has 0 saturated carbocycles. The quantitative estimate of drug-likeness (QED) is 0.0262. The molecule has 5 rings (SSSR count). The first-order chi connectivity index (χ1) is 28.7. The van der Waals surface area contributed by atoms with E-state index in [2.05, 4.69) is 83.1 Å². The van der Waals surface area contributed by atoms with Crippen LogP contribution in [0.25, 0.3) is 5.57 Å². The van der Waals surface area contributed by atoms with E-state index in [0.717, 1.165) is 81.9 Å². The van der Waals surface area contributed by atoms with Crippen LogP contribution >= 0.6 is 0 Å². The maximum absolute atomic E-state index is 13.3. The number of unbranched alkanes of at least 4 members (excludes halogenated alkanes) is 2. The second-order valence-corrected chi connectivity index (χ2v) is 15.6. The van der Waals surface area contributed by atoms with Crippen LogP contribution in [0.1, 0.15) is 89.5 Å². The monoisotopic (exact) mass is 795 g/mol. The predicted molar refractivity (Wildman–Crippen MR) is 239 cm³/mol. The van der Waals surface area contributed by atoms with E-state index in [0.29, 0.717) is 41.3 Å². The van der Waals surface area contributed by atoms with Gasteiger partial charge in [0.2, 0.25) is 0 Å². The number of carbonyl (C=O) groups excluding carboxylic acids is 2. The highest BCUT2D eigenvalue weighted by Gasteiger charge is 2.18. The average Bonchev–Trinajstić information content (AvgIpc) is 3.25. The summed E-state index contributed by atoms with van der Waals surface area (Å²) in [5.74, 6) is 0.669. The summed E-state index contributed by atoms with van der Waals surface area (Å²) in [4.78, 5) is 30.6. The summed E-state index contributed by atoms with van der Waals surface area (Å²) in [5.41, 5.74) is 14.9. The Morgan fingerprint density at radius 1 is 0.763 bits per heavy atom. The molecule has 59 heavy (non-hydrogen) atoms. The number of allylic oxidation sites excluding steroid dienone is 1. The van der Waals surface area contributed by atoms with Gasteiger partial charge in [-0.1, -0.05) is 97.8 Å². The smallest absolute Gasteiger partial charge is 0.163 e. The number of aliphatic hydroxyl groups is 1. The molecule has 0 saturated heterocycles.